The van der Waals surface area contributed by atoms with Gasteiger partial charge in [-0.15, -0.1) is 0 Å². The van der Waals surface area contributed by atoms with Crippen molar-refractivity contribution in [1.82, 2.24) is 20.4 Å². The lowest BCUT2D eigenvalue weighted by molar-refractivity contribution is 0.0744. The molecule has 1 aliphatic rings. The Kier molecular flexibility index (Phi) is 3.94. The van der Waals surface area contributed by atoms with Crippen molar-refractivity contribution in [2.75, 3.05) is 20.1 Å². The molecule has 1 atom stereocenters. The number of likely N-dealkylation sites (N-methyl/N-ethyl adjacent to an activating group) is 1. The highest BCUT2D eigenvalue weighted by atomic mass is 35.5. The van der Waals surface area contributed by atoms with Gasteiger partial charge in [0.1, 0.15) is 0 Å². The van der Waals surface area contributed by atoms with Crippen LogP contribution in [0.2, 0.25) is 5.02 Å². The van der Waals surface area contributed by atoms with Crippen molar-refractivity contribution < 1.29 is 4.79 Å². The van der Waals surface area contributed by atoms with E-state index < -0.39 is 0 Å². The van der Waals surface area contributed by atoms with Crippen LogP contribution in [0.4, 0.5) is 0 Å². The molecule has 1 aromatic carbocycles. The summed E-state index contributed by atoms with van der Waals surface area (Å²) in [4.78, 5) is 14.5. The lowest BCUT2D eigenvalue weighted by Gasteiger charge is -2.23. The molecule has 110 valence electrons. The second kappa shape index (κ2) is 5.87. The van der Waals surface area contributed by atoms with Crippen molar-refractivity contribution in [3.05, 3.63) is 41.0 Å². The summed E-state index contributed by atoms with van der Waals surface area (Å²) < 4.78 is 0. The number of nitrogens with one attached hydrogen (secondary N) is 2. The van der Waals surface area contributed by atoms with E-state index in [-0.39, 0.29) is 11.9 Å². The van der Waals surface area contributed by atoms with Crippen molar-refractivity contribution in [2.45, 2.75) is 12.5 Å². The molecular weight excluding hydrogens is 288 g/mol. The Morgan fingerprint density at radius 2 is 2.33 bits per heavy atom. The molecule has 0 unspecified atom stereocenters. The number of hydrogen-bond donors (Lipinski definition) is 2. The van der Waals surface area contributed by atoms with Crippen LogP contribution >= 0.6 is 11.6 Å². The minimum Gasteiger partial charge on any atom is -0.337 e. The van der Waals surface area contributed by atoms with Gasteiger partial charge in [0.25, 0.3) is 5.91 Å². The van der Waals surface area contributed by atoms with Gasteiger partial charge in [-0.3, -0.25) is 9.89 Å². The highest BCUT2D eigenvalue weighted by Crippen LogP contribution is 2.25. The summed E-state index contributed by atoms with van der Waals surface area (Å²) in [5, 5.41) is 10.8. The Balaban J connectivity index is 1.89. The topological polar surface area (TPSA) is 61.0 Å². The fourth-order valence-corrected chi connectivity index (χ4v) is 2.83. The van der Waals surface area contributed by atoms with Crippen LogP contribution in [-0.2, 0) is 0 Å². The van der Waals surface area contributed by atoms with Gasteiger partial charge in [0.2, 0.25) is 0 Å². The summed E-state index contributed by atoms with van der Waals surface area (Å²) in [5.74, 6) is -0.0209. The van der Waals surface area contributed by atoms with E-state index >= 15 is 0 Å². The van der Waals surface area contributed by atoms with Crippen molar-refractivity contribution >= 4 is 17.5 Å². The Labute approximate surface area is 128 Å². The summed E-state index contributed by atoms with van der Waals surface area (Å²) in [7, 11) is 1.84. The molecule has 0 spiro atoms. The van der Waals surface area contributed by atoms with Crippen molar-refractivity contribution in [3.8, 4) is 11.3 Å². The first-order valence-corrected chi connectivity index (χ1v) is 7.32. The molecule has 0 bridgehead atoms. The zero-order valence-electron chi connectivity index (χ0n) is 11.8. The Bertz CT molecular complexity index is 649. The largest absolute Gasteiger partial charge is 0.337 e. The summed E-state index contributed by atoms with van der Waals surface area (Å²) in [6.07, 6.45) is 2.56. The molecule has 1 fully saturated rings. The van der Waals surface area contributed by atoms with Gasteiger partial charge in [-0.2, -0.15) is 5.10 Å². The number of carbonyl (C=O) groups is 1. The van der Waals surface area contributed by atoms with Gasteiger partial charge in [-0.1, -0.05) is 23.7 Å². The van der Waals surface area contributed by atoms with E-state index in [0.29, 0.717) is 16.3 Å². The van der Waals surface area contributed by atoms with Gasteiger partial charge >= 0.3 is 0 Å². The van der Waals surface area contributed by atoms with Crippen molar-refractivity contribution in [2.24, 2.45) is 0 Å². The van der Waals surface area contributed by atoms with E-state index in [4.69, 9.17) is 11.6 Å². The monoisotopic (exact) mass is 304 g/mol. The van der Waals surface area contributed by atoms with Gasteiger partial charge < -0.3 is 10.2 Å². The van der Waals surface area contributed by atoms with Crippen molar-refractivity contribution in [1.29, 1.82) is 0 Å². The molecule has 21 heavy (non-hydrogen) atoms. The molecule has 1 saturated heterocycles. The number of rotatable bonds is 3. The Hall–Kier alpha value is -1.85. The smallest absolute Gasteiger partial charge is 0.257 e. The maximum absolute atomic E-state index is 12.7. The third kappa shape index (κ3) is 2.80. The number of aromatic amines is 1. The van der Waals surface area contributed by atoms with E-state index in [1.54, 1.807) is 17.2 Å². The number of benzene rings is 1. The fraction of sp³-hybridized carbons (Fsp3) is 0.333. The summed E-state index contributed by atoms with van der Waals surface area (Å²) in [6.45, 7) is 1.79. The Morgan fingerprint density at radius 1 is 1.48 bits per heavy atom. The summed E-state index contributed by atoms with van der Waals surface area (Å²) in [6, 6.07) is 7.63. The van der Waals surface area contributed by atoms with E-state index in [9.17, 15) is 4.79 Å². The molecule has 2 heterocycles. The minimum atomic E-state index is -0.0209. The van der Waals surface area contributed by atoms with Gasteiger partial charge in [-0.05, 0) is 25.1 Å². The maximum Gasteiger partial charge on any atom is 0.257 e. The van der Waals surface area contributed by atoms with Gasteiger partial charge in [-0.25, -0.2) is 0 Å². The van der Waals surface area contributed by atoms with Crippen LogP contribution in [-0.4, -0.2) is 47.2 Å². The van der Waals surface area contributed by atoms with Gasteiger partial charge in [0, 0.05) is 30.2 Å². The van der Waals surface area contributed by atoms with Crippen LogP contribution in [0.1, 0.15) is 16.8 Å². The highest BCUT2D eigenvalue weighted by Gasteiger charge is 2.26. The van der Waals surface area contributed by atoms with E-state index in [0.717, 1.165) is 25.1 Å². The van der Waals surface area contributed by atoms with Crippen molar-refractivity contribution in [3.63, 3.8) is 0 Å². The van der Waals surface area contributed by atoms with E-state index in [1.807, 2.05) is 25.2 Å². The number of nitrogens with zero attached hydrogens (tertiary/aromatic N) is 2. The SMILES string of the molecule is CN(C(=O)c1cn[nH]c1-c1cccc(Cl)c1)[C@H]1CCNC1. The van der Waals surface area contributed by atoms with E-state index in [1.165, 1.54) is 0 Å². The Morgan fingerprint density at radius 3 is 3.05 bits per heavy atom. The third-order valence-corrected chi connectivity index (χ3v) is 4.12. The van der Waals surface area contributed by atoms with Gasteiger partial charge in [0.05, 0.1) is 17.5 Å². The number of hydrogen-bond acceptors (Lipinski definition) is 3. The van der Waals surface area contributed by atoms with Crippen LogP contribution < -0.4 is 5.32 Å². The van der Waals surface area contributed by atoms with Crippen LogP contribution in [0.5, 0.6) is 0 Å². The zero-order chi connectivity index (χ0) is 14.8. The second-order valence-electron chi connectivity index (χ2n) is 5.23. The molecule has 1 aliphatic heterocycles. The molecule has 3 rings (SSSR count). The predicted octanol–water partition coefficient (Wildman–Crippen LogP) is 2.16. The number of aromatic nitrogens is 2. The molecule has 0 saturated carbocycles. The first-order valence-electron chi connectivity index (χ1n) is 6.94. The minimum absolute atomic E-state index is 0.0209. The molecule has 1 amide bonds. The summed E-state index contributed by atoms with van der Waals surface area (Å²) in [5.41, 5.74) is 2.15. The fourth-order valence-electron chi connectivity index (χ4n) is 2.64. The third-order valence-electron chi connectivity index (χ3n) is 3.89. The molecule has 2 N–H and O–H groups in total. The molecule has 5 nitrogen and oxygen atoms in total. The average Bonchev–Trinajstić information content (AvgIpc) is 3.16. The quantitative estimate of drug-likeness (QED) is 0.913. The standard InChI is InChI=1S/C15H17ClN4O/c1-20(12-5-6-17-8-12)15(21)13-9-18-19-14(13)10-3-2-4-11(16)7-10/h2-4,7,9,12,17H,5-6,8H2,1H3,(H,18,19)/t12-/m0/s1. The number of H-pyrrole nitrogens is 1. The van der Waals surface area contributed by atoms with Crippen LogP contribution in [0, 0.1) is 0 Å². The zero-order valence-corrected chi connectivity index (χ0v) is 12.5. The molecular formula is C15H17ClN4O. The summed E-state index contributed by atoms with van der Waals surface area (Å²) >= 11 is 6.02. The van der Waals surface area contributed by atoms with Crippen LogP contribution in [0.25, 0.3) is 11.3 Å². The predicted molar refractivity (Wildman–Crippen MR) is 82.4 cm³/mol. The number of amides is 1. The molecule has 2 aromatic rings. The van der Waals surface area contributed by atoms with Gasteiger partial charge in [0.15, 0.2) is 0 Å². The van der Waals surface area contributed by atoms with Crippen LogP contribution in [0.3, 0.4) is 0 Å². The molecule has 0 radical (unpaired) electrons. The van der Waals surface area contributed by atoms with E-state index in [2.05, 4.69) is 15.5 Å². The lowest BCUT2D eigenvalue weighted by Crippen LogP contribution is -2.38. The molecule has 6 heteroatoms. The highest BCUT2D eigenvalue weighted by molar-refractivity contribution is 6.30. The maximum atomic E-state index is 12.7. The molecule has 0 aliphatic carbocycles. The average molecular weight is 305 g/mol. The normalized spacial score (nSPS) is 17.9. The molecule has 1 aromatic heterocycles. The van der Waals surface area contributed by atoms with Crippen LogP contribution in [0.15, 0.2) is 30.5 Å². The number of carbonyl (C=O) groups excluding carboxylic acids is 1. The first kappa shape index (κ1) is 14.1. The second-order valence-corrected chi connectivity index (χ2v) is 5.67. The lowest BCUT2D eigenvalue weighted by atomic mass is 10.1. The number of halogens is 1. The first-order chi connectivity index (χ1) is 10.2.